The highest BCUT2D eigenvalue weighted by molar-refractivity contribution is 6.59. The van der Waals surface area contributed by atoms with Crippen LogP contribution in [0, 0.1) is 29.6 Å². The van der Waals surface area contributed by atoms with Gasteiger partial charge < -0.3 is 25.2 Å². The van der Waals surface area contributed by atoms with Crippen LogP contribution < -0.4 is 20.7 Å². The van der Waals surface area contributed by atoms with Crippen LogP contribution >= 0.6 is 0 Å². The molecule has 2 saturated heterocycles. The van der Waals surface area contributed by atoms with Gasteiger partial charge in [-0.2, -0.15) is 0 Å². The number of aromatic hydroxyl groups is 1. The van der Waals surface area contributed by atoms with Gasteiger partial charge in [-0.3, -0.25) is 29.0 Å². The molecule has 0 aromatic heterocycles. The highest BCUT2D eigenvalue weighted by Crippen LogP contribution is 2.59. The summed E-state index contributed by atoms with van der Waals surface area (Å²) in [6, 6.07) is 17.0. The average Bonchev–Trinajstić information content (AvgIpc) is 3.48. The Morgan fingerprint density at radius 1 is 0.729 bits per heavy atom. The molecule has 242 valence electrons. The summed E-state index contributed by atoms with van der Waals surface area (Å²) in [5.74, 6) is -6.82. The maximum Gasteiger partial charge on any atom is 0.488 e. The molecule has 4 amide bonds. The lowest BCUT2D eigenvalue weighted by molar-refractivity contribution is -0.126. The maximum atomic E-state index is 14.4. The fraction of sp³-hybridized carbons (Fsp3) is 0.257. The van der Waals surface area contributed by atoms with E-state index in [1.165, 1.54) is 42.5 Å². The molecule has 2 aliphatic heterocycles. The Balaban J connectivity index is 1.34. The number of carbonyl (C=O) groups is 4. The van der Waals surface area contributed by atoms with Gasteiger partial charge in [0.2, 0.25) is 23.6 Å². The van der Waals surface area contributed by atoms with Crippen LogP contribution in [0.2, 0.25) is 0 Å². The van der Waals surface area contributed by atoms with Gasteiger partial charge in [0.05, 0.1) is 35.0 Å². The Morgan fingerprint density at radius 2 is 1.29 bits per heavy atom. The van der Waals surface area contributed by atoms with Crippen LogP contribution in [0.15, 0.2) is 91.0 Å². The molecule has 0 radical (unpaired) electrons. The van der Waals surface area contributed by atoms with Crippen molar-refractivity contribution in [1.82, 2.24) is 0 Å². The minimum Gasteiger partial charge on any atom is -0.507 e. The third-order valence-corrected chi connectivity index (χ3v) is 10.4. The van der Waals surface area contributed by atoms with Crippen LogP contribution in [-0.2, 0) is 25.6 Å². The van der Waals surface area contributed by atoms with E-state index in [2.05, 4.69) is 6.58 Å². The van der Waals surface area contributed by atoms with E-state index in [0.29, 0.717) is 23.1 Å². The van der Waals surface area contributed by atoms with E-state index in [4.69, 9.17) is 0 Å². The Hall–Kier alpha value is -4.81. The number of benzene rings is 3. The van der Waals surface area contributed by atoms with E-state index in [9.17, 15) is 44.4 Å². The molecule has 3 aromatic carbocycles. The third-order valence-electron chi connectivity index (χ3n) is 10.4. The van der Waals surface area contributed by atoms with Crippen molar-refractivity contribution in [3.63, 3.8) is 0 Å². The molecule has 2 heterocycles. The number of imide groups is 2. The molecule has 4 aliphatic rings. The fourth-order valence-corrected chi connectivity index (χ4v) is 8.28. The molecule has 7 rings (SSSR count). The zero-order chi connectivity index (χ0) is 34.0. The molecule has 3 fully saturated rings. The van der Waals surface area contributed by atoms with Crippen molar-refractivity contribution in [3.8, 4) is 5.75 Å². The average molecular weight is 646 g/mol. The van der Waals surface area contributed by atoms with Crippen molar-refractivity contribution < 1.29 is 44.4 Å². The predicted molar refractivity (Wildman–Crippen MR) is 177 cm³/mol. The molecule has 1 saturated carbocycles. The largest absolute Gasteiger partial charge is 0.507 e. The van der Waals surface area contributed by atoms with Crippen LogP contribution in [0.1, 0.15) is 29.9 Å². The van der Waals surface area contributed by atoms with Crippen molar-refractivity contribution >= 4 is 60.2 Å². The minimum absolute atomic E-state index is 0.0382. The van der Waals surface area contributed by atoms with Gasteiger partial charge in [-0.05, 0) is 65.9 Å². The van der Waals surface area contributed by atoms with Gasteiger partial charge in [-0.15, -0.1) is 6.58 Å². The smallest absolute Gasteiger partial charge is 0.488 e. The van der Waals surface area contributed by atoms with Crippen molar-refractivity contribution in [2.75, 3.05) is 9.80 Å². The van der Waals surface area contributed by atoms with Crippen molar-refractivity contribution in [2.45, 2.75) is 25.2 Å². The first-order valence-electron chi connectivity index (χ1n) is 15.8. The number of hydrogen-bond acceptors (Lipinski definition) is 9. The Labute approximate surface area is 276 Å². The molecule has 48 heavy (non-hydrogen) atoms. The number of amides is 4. The quantitative estimate of drug-likeness (QED) is 0.139. The van der Waals surface area contributed by atoms with Gasteiger partial charge >= 0.3 is 14.2 Å². The maximum absolute atomic E-state index is 14.4. The zero-order valence-corrected chi connectivity index (χ0v) is 25.7. The molecular formula is C35H32B2N2O9. The lowest BCUT2D eigenvalue weighted by Gasteiger charge is -2.44. The van der Waals surface area contributed by atoms with Crippen molar-refractivity contribution in [3.05, 3.63) is 102 Å². The monoisotopic (exact) mass is 646 g/mol. The lowest BCUT2D eigenvalue weighted by Crippen LogP contribution is -2.43. The Morgan fingerprint density at radius 3 is 1.88 bits per heavy atom. The number of carbonyl (C=O) groups excluding carboxylic acids is 4. The van der Waals surface area contributed by atoms with E-state index in [1.54, 1.807) is 30.3 Å². The van der Waals surface area contributed by atoms with Gasteiger partial charge in [0.15, 0.2) is 0 Å². The van der Waals surface area contributed by atoms with Gasteiger partial charge in [-0.25, -0.2) is 0 Å². The summed E-state index contributed by atoms with van der Waals surface area (Å²) in [5.41, 5.74) is 2.31. The number of nitrogens with zero attached hydrogens (tertiary/aromatic N) is 2. The van der Waals surface area contributed by atoms with Gasteiger partial charge in [-0.1, -0.05) is 60.2 Å². The summed E-state index contributed by atoms with van der Waals surface area (Å²) < 4.78 is 0. The second-order valence-electron chi connectivity index (χ2n) is 12.8. The summed E-state index contributed by atoms with van der Waals surface area (Å²) >= 11 is 0. The van der Waals surface area contributed by atoms with Crippen molar-refractivity contribution in [1.29, 1.82) is 0 Å². The number of para-hydroxylation sites is 1. The van der Waals surface area contributed by atoms with Gasteiger partial charge in [0.1, 0.15) is 5.75 Å². The zero-order valence-electron chi connectivity index (χ0n) is 25.7. The van der Waals surface area contributed by atoms with E-state index in [-0.39, 0.29) is 40.9 Å². The number of phenolic OH excluding ortho intramolecular Hbond substituents is 1. The number of rotatable bonds is 7. The van der Waals surface area contributed by atoms with E-state index in [0.717, 1.165) is 9.80 Å². The Kier molecular flexibility index (Phi) is 7.95. The third kappa shape index (κ3) is 4.84. The molecule has 6 atom stereocenters. The van der Waals surface area contributed by atoms with E-state index in [1.807, 2.05) is 6.08 Å². The number of anilines is 2. The highest BCUT2D eigenvalue weighted by Gasteiger charge is 2.62. The van der Waals surface area contributed by atoms with Crippen LogP contribution in [-0.4, -0.2) is 63.1 Å². The first-order valence-corrected chi connectivity index (χ1v) is 15.8. The number of hydrogen-bond donors (Lipinski definition) is 5. The van der Waals surface area contributed by atoms with E-state index >= 15 is 0 Å². The first-order chi connectivity index (χ1) is 23.0. The molecule has 11 nitrogen and oxygen atoms in total. The second-order valence-corrected chi connectivity index (χ2v) is 12.8. The fourth-order valence-electron chi connectivity index (χ4n) is 8.28. The van der Waals surface area contributed by atoms with Gasteiger partial charge in [0, 0.05) is 11.5 Å². The molecule has 0 unspecified atom stereocenters. The summed E-state index contributed by atoms with van der Waals surface area (Å²) in [7, 11) is -3.62. The highest BCUT2D eigenvalue weighted by atomic mass is 16.4. The molecule has 3 aromatic rings. The van der Waals surface area contributed by atoms with E-state index < -0.39 is 73.4 Å². The van der Waals surface area contributed by atoms with Crippen LogP contribution in [0.5, 0.6) is 5.75 Å². The second kappa shape index (κ2) is 12.0. The summed E-state index contributed by atoms with van der Waals surface area (Å²) in [6.07, 6.45) is 4.17. The van der Waals surface area contributed by atoms with Crippen molar-refractivity contribution in [2.24, 2.45) is 29.6 Å². The minimum atomic E-state index is -1.82. The van der Waals surface area contributed by atoms with Crippen LogP contribution in [0.3, 0.4) is 0 Å². The molecule has 5 N–H and O–H groups in total. The molecule has 0 spiro atoms. The van der Waals surface area contributed by atoms with Crippen LogP contribution in [0.4, 0.5) is 11.4 Å². The number of fused-ring (bicyclic) bond motifs is 4. The summed E-state index contributed by atoms with van der Waals surface area (Å²) in [4.78, 5) is 58.8. The summed E-state index contributed by atoms with van der Waals surface area (Å²) in [6.45, 7) is 3.78. The number of allylic oxidation sites excluding steroid dienone is 3. The normalized spacial score (nSPS) is 26.2. The molecular weight excluding hydrogens is 614 g/mol. The topological polar surface area (TPSA) is 176 Å². The van der Waals surface area contributed by atoms with Crippen LogP contribution in [0.25, 0.3) is 0 Å². The SMILES string of the molecule is C=CCc1cccc([C@H]2C3=CC[C@@H]4C(=O)N(c5cccc(B(O)O)c5)C(=O)[C@@H]4[C@@H]3C[C@H]3C(=O)N(c4cccc(B(O)O)c4)C(=O)[C@@H]23)c1O. The lowest BCUT2D eigenvalue weighted by atomic mass is 9.57. The predicted octanol–water partition coefficient (Wildman–Crippen LogP) is 0.525. The summed E-state index contributed by atoms with van der Waals surface area (Å²) in [5, 5.41) is 50.5. The van der Waals surface area contributed by atoms with Gasteiger partial charge in [0.25, 0.3) is 0 Å². The standard InChI is InChI=1S/C35H32B2N2O9/c1-2-6-18-7-3-12-24(31(18)40)28-23-13-14-25-29(34(43)38(32(25)41)21-10-4-8-19(15-21)36(45)46)26(23)17-27-30(28)35(44)39(33(27)42)22-11-5-9-20(16-22)37(47)48/h2-5,7-13,15-16,25-30,40,45-48H,1,6,14,17H2/t25-,26+,27+,28+,29-,30+/m0/s1. The number of phenols is 1. The first kappa shape index (κ1) is 31.8. The Bertz CT molecular complexity index is 1910. The molecule has 0 bridgehead atoms. The molecule has 2 aliphatic carbocycles. The molecule has 13 heteroatoms.